The molecule has 0 saturated heterocycles. The maximum Gasteiger partial charge on any atom is 0.257 e. The van der Waals surface area contributed by atoms with Gasteiger partial charge in [-0.05, 0) is 48.4 Å². The SMILES string of the molecule is Cc1nc(Cl)c(/C=C/C(=O)NS(=O)(=O)C=Cc2ccccc2)n1Cc1ccc(-c2ccco2)cc1Cl. The number of carbonyl (C=O) groups excluding carboxylic acids is 1. The molecule has 4 rings (SSSR count). The first-order valence-corrected chi connectivity index (χ1v) is 13.0. The molecule has 0 aliphatic carbocycles. The smallest absolute Gasteiger partial charge is 0.257 e. The Kier molecular flexibility index (Phi) is 7.79. The summed E-state index contributed by atoms with van der Waals surface area (Å²) in [6.45, 7) is 2.11. The van der Waals surface area contributed by atoms with Gasteiger partial charge in [-0.3, -0.25) is 4.79 Å². The van der Waals surface area contributed by atoms with Crippen molar-refractivity contribution in [1.29, 1.82) is 0 Å². The number of hydrogen-bond acceptors (Lipinski definition) is 5. The van der Waals surface area contributed by atoms with Gasteiger partial charge in [0, 0.05) is 16.7 Å². The standard InChI is InChI=1S/C26H21Cl2N3O4S/c1-18-29-26(28)23(11-12-25(32)30-36(33,34)15-13-19-6-3-2-4-7-19)31(18)17-21-10-9-20(16-22(21)27)24-8-5-14-35-24/h2-16H,17H2,1H3,(H,30,32)/b12-11+,15-13?. The van der Waals surface area contributed by atoms with Gasteiger partial charge < -0.3 is 8.98 Å². The molecule has 0 aliphatic heterocycles. The molecule has 0 radical (unpaired) electrons. The van der Waals surface area contributed by atoms with Gasteiger partial charge in [-0.15, -0.1) is 0 Å². The number of imidazole rings is 1. The van der Waals surface area contributed by atoms with E-state index in [0.29, 0.717) is 34.4 Å². The van der Waals surface area contributed by atoms with Gasteiger partial charge in [0.15, 0.2) is 5.15 Å². The van der Waals surface area contributed by atoms with Crippen LogP contribution in [0.15, 0.2) is 82.8 Å². The minimum absolute atomic E-state index is 0.173. The van der Waals surface area contributed by atoms with Crippen LogP contribution >= 0.6 is 23.2 Å². The van der Waals surface area contributed by atoms with E-state index in [0.717, 1.165) is 22.6 Å². The number of carbonyl (C=O) groups is 1. The summed E-state index contributed by atoms with van der Waals surface area (Å²) in [7, 11) is -3.99. The van der Waals surface area contributed by atoms with Gasteiger partial charge in [0.1, 0.15) is 11.6 Å². The van der Waals surface area contributed by atoms with Crippen molar-refractivity contribution in [3.63, 3.8) is 0 Å². The highest BCUT2D eigenvalue weighted by atomic mass is 35.5. The lowest BCUT2D eigenvalue weighted by Crippen LogP contribution is -2.26. The zero-order chi connectivity index (χ0) is 25.7. The van der Waals surface area contributed by atoms with Crippen molar-refractivity contribution < 1.29 is 17.6 Å². The molecule has 1 amide bonds. The maximum atomic E-state index is 12.3. The Balaban J connectivity index is 1.49. The van der Waals surface area contributed by atoms with Crippen molar-refractivity contribution in [2.45, 2.75) is 13.5 Å². The Labute approximate surface area is 218 Å². The van der Waals surface area contributed by atoms with E-state index in [1.807, 2.05) is 29.0 Å². The number of nitrogens with one attached hydrogen (secondary N) is 1. The van der Waals surface area contributed by atoms with Crippen LogP contribution in [0.5, 0.6) is 0 Å². The molecule has 0 aliphatic rings. The average Bonchev–Trinajstić information content (AvgIpc) is 3.47. The summed E-state index contributed by atoms with van der Waals surface area (Å²) in [5, 5.41) is 1.63. The molecule has 0 atom stereocenters. The van der Waals surface area contributed by atoms with Crippen LogP contribution in [-0.4, -0.2) is 23.9 Å². The number of aryl methyl sites for hydroxylation is 1. The fourth-order valence-electron chi connectivity index (χ4n) is 3.44. The van der Waals surface area contributed by atoms with Crippen LogP contribution in [0.3, 0.4) is 0 Å². The third-order valence-electron chi connectivity index (χ3n) is 5.21. The topological polar surface area (TPSA) is 94.2 Å². The van der Waals surface area contributed by atoms with Gasteiger partial charge in [0.25, 0.3) is 15.9 Å². The van der Waals surface area contributed by atoms with Gasteiger partial charge in [0.05, 0.1) is 23.9 Å². The van der Waals surface area contributed by atoms with E-state index < -0.39 is 15.9 Å². The zero-order valence-corrected chi connectivity index (χ0v) is 21.4. The number of hydrogen-bond donors (Lipinski definition) is 1. The number of rotatable bonds is 8. The number of furan rings is 1. The Bertz CT molecular complexity index is 1540. The van der Waals surface area contributed by atoms with Gasteiger partial charge in [0.2, 0.25) is 0 Å². The molecule has 0 unspecified atom stereocenters. The number of nitrogens with zero attached hydrogens (tertiary/aromatic N) is 2. The molecule has 0 spiro atoms. The molecule has 2 aromatic heterocycles. The van der Waals surface area contributed by atoms with E-state index >= 15 is 0 Å². The number of aromatic nitrogens is 2. The normalized spacial score (nSPS) is 12.0. The lowest BCUT2D eigenvalue weighted by molar-refractivity contribution is -0.114. The highest BCUT2D eigenvalue weighted by Gasteiger charge is 2.15. The second-order valence-corrected chi connectivity index (χ2v) is 10.1. The molecule has 0 saturated carbocycles. The summed E-state index contributed by atoms with van der Waals surface area (Å²) in [5.41, 5.74) is 2.77. The minimum atomic E-state index is -3.99. The summed E-state index contributed by atoms with van der Waals surface area (Å²) < 4.78 is 33.6. The predicted octanol–water partition coefficient (Wildman–Crippen LogP) is 5.94. The Morgan fingerprint density at radius 1 is 1.08 bits per heavy atom. The molecule has 184 valence electrons. The van der Waals surface area contributed by atoms with Crippen molar-refractivity contribution in [2.75, 3.05) is 0 Å². The summed E-state index contributed by atoms with van der Waals surface area (Å²) in [4.78, 5) is 16.6. The molecule has 36 heavy (non-hydrogen) atoms. The highest BCUT2D eigenvalue weighted by molar-refractivity contribution is 7.93. The molecular formula is C26H21Cl2N3O4S. The molecule has 4 aromatic rings. The number of sulfonamides is 1. The quantitative estimate of drug-likeness (QED) is 0.278. The summed E-state index contributed by atoms with van der Waals surface area (Å²) >= 11 is 12.8. The van der Waals surface area contributed by atoms with Crippen LogP contribution in [0.4, 0.5) is 0 Å². The van der Waals surface area contributed by atoms with E-state index in [-0.39, 0.29) is 5.15 Å². The monoisotopic (exact) mass is 541 g/mol. The number of halogens is 2. The fraction of sp³-hybridized carbons (Fsp3) is 0.0769. The van der Waals surface area contributed by atoms with Crippen molar-refractivity contribution in [2.24, 2.45) is 0 Å². The Hall–Kier alpha value is -3.59. The molecule has 1 N–H and O–H groups in total. The van der Waals surface area contributed by atoms with E-state index in [4.69, 9.17) is 27.6 Å². The molecule has 0 fully saturated rings. The van der Waals surface area contributed by atoms with Gasteiger partial charge in [-0.1, -0.05) is 65.7 Å². The van der Waals surface area contributed by atoms with E-state index in [1.54, 1.807) is 54.2 Å². The van der Waals surface area contributed by atoms with Gasteiger partial charge >= 0.3 is 0 Å². The first kappa shape index (κ1) is 25.5. The third-order valence-corrected chi connectivity index (χ3v) is 6.82. The van der Waals surface area contributed by atoms with Crippen molar-refractivity contribution in [3.8, 4) is 11.3 Å². The largest absolute Gasteiger partial charge is 0.464 e. The number of amides is 1. The minimum Gasteiger partial charge on any atom is -0.464 e. The summed E-state index contributed by atoms with van der Waals surface area (Å²) in [6, 6.07) is 18.1. The molecule has 0 bridgehead atoms. The molecule has 10 heteroatoms. The number of benzene rings is 2. The second-order valence-electron chi connectivity index (χ2n) is 7.76. The van der Waals surface area contributed by atoms with E-state index in [9.17, 15) is 13.2 Å². The molecule has 2 aromatic carbocycles. The van der Waals surface area contributed by atoms with Crippen LogP contribution in [0.2, 0.25) is 10.2 Å². The lowest BCUT2D eigenvalue weighted by atomic mass is 10.1. The van der Waals surface area contributed by atoms with Gasteiger partial charge in [-0.2, -0.15) is 0 Å². The summed E-state index contributed by atoms with van der Waals surface area (Å²) in [5.74, 6) is 0.480. The zero-order valence-electron chi connectivity index (χ0n) is 19.1. The van der Waals surface area contributed by atoms with Gasteiger partial charge in [-0.25, -0.2) is 18.1 Å². The molecule has 7 nitrogen and oxygen atoms in total. The predicted molar refractivity (Wildman–Crippen MR) is 142 cm³/mol. The highest BCUT2D eigenvalue weighted by Crippen LogP contribution is 2.28. The maximum absolute atomic E-state index is 12.3. The first-order chi connectivity index (χ1) is 17.2. The Morgan fingerprint density at radius 2 is 1.86 bits per heavy atom. The molecule has 2 heterocycles. The van der Waals surface area contributed by atoms with Crippen molar-refractivity contribution in [1.82, 2.24) is 14.3 Å². The Morgan fingerprint density at radius 3 is 2.56 bits per heavy atom. The second kappa shape index (κ2) is 11.0. The first-order valence-electron chi connectivity index (χ1n) is 10.7. The van der Waals surface area contributed by atoms with Crippen LogP contribution in [0.25, 0.3) is 23.5 Å². The lowest BCUT2D eigenvalue weighted by Gasteiger charge is -2.11. The van der Waals surface area contributed by atoms with E-state index in [1.165, 1.54) is 12.2 Å². The van der Waals surface area contributed by atoms with E-state index in [2.05, 4.69) is 4.98 Å². The fourth-order valence-corrected chi connectivity index (χ4v) is 4.72. The van der Waals surface area contributed by atoms with Crippen LogP contribution in [0.1, 0.15) is 22.6 Å². The third kappa shape index (κ3) is 6.34. The average molecular weight is 542 g/mol. The van der Waals surface area contributed by atoms with Crippen LogP contribution in [-0.2, 0) is 21.4 Å². The van der Waals surface area contributed by atoms with Crippen molar-refractivity contribution >= 4 is 51.3 Å². The summed E-state index contributed by atoms with van der Waals surface area (Å²) in [6.07, 6.45) is 5.50. The van der Waals surface area contributed by atoms with Crippen molar-refractivity contribution in [3.05, 3.63) is 111 Å². The molecular weight excluding hydrogens is 521 g/mol. The van der Waals surface area contributed by atoms with Crippen LogP contribution < -0.4 is 4.72 Å². The van der Waals surface area contributed by atoms with Crippen LogP contribution in [0, 0.1) is 6.92 Å².